The molecule has 0 spiro atoms. The van der Waals surface area contributed by atoms with E-state index < -0.39 is 18.2 Å². The van der Waals surface area contributed by atoms with Crippen LogP contribution >= 0.6 is 0 Å². The van der Waals surface area contributed by atoms with Crippen LogP contribution in [0.5, 0.6) is 11.5 Å². The Hall–Kier alpha value is -4.74. The standard InChI is InChI=1S/C32H33F3N4O5/c1-19-13-23(17-31(2,3)16-19)39-27-12-11-25(43-18-28(40)36-22-6-4-5-20(14-22)29(41)42)15-26(27)38-30(39)37-21-7-9-24(10-8-21)44-32(33,34)35/h4-12,14-15,19,23H,13,16-18H2,1-3H3,(H,36,40)(H,37,38)(H,41,42)/t19-,23+/m0/s1. The monoisotopic (exact) mass is 610 g/mol. The number of nitrogens with zero attached hydrogens (tertiary/aromatic N) is 2. The number of anilines is 3. The van der Waals surface area contributed by atoms with E-state index >= 15 is 0 Å². The third kappa shape index (κ3) is 7.61. The zero-order chi connectivity index (χ0) is 31.6. The highest BCUT2D eigenvalue weighted by molar-refractivity contribution is 5.94. The van der Waals surface area contributed by atoms with Gasteiger partial charge >= 0.3 is 12.3 Å². The number of fused-ring (bicyclic) bond motifs is 1. The molecule has 9 nitrogen and oxygen atoms in total. The molecule has 0 saturated heterocycles. The minimum atomic E-state index is -4.78. The summed E-state index contributed by atoms with van der Waals surface area (Å²) in [6.07, 6.45) is -1.83. The van der Waals surface area contributed by atoms with E-state index in [-0.39, 0.29) is 29.4 Å². The first-order valence-corrected chi connectivity index (χ1v) is 14.2. The molecular weight excluding hydrogens is 577 g/mol. The summed E-state index contributed by atoms with van der Waals surface area (Å²) in [5.74, 6) is -0.457. The maximum atomic E-state index is 12.6. The number of halogens is 3. The Morgan fingerprint density at radius 2 is 1.75 bits per heavy atom. The van der Waals surface area contributed by atoms with Crippen molar-refractivity contribution in [2.75, 3.05) is 17.2 Å². The van der Waals surface area contributed by atoms with Crippen molar-refractivity contribution in [3.63, 3.8) is 0 Å². The second-order valence-electron chi connectivity index (χ2n) is 11.9. The van der Waals surface area contributed by atoms with Crippen molar-refractivity contribution in [3.8, 4) is 11.5 Å². The van der Waals surface area contributed by atoms with Crippen molar-refractivity contribution in [2.24, 2.45) is 11.3 Å². The van der Waals surface area contributed by atoms with Gasteiger partial charge in [-0.05, 0) is 85.2 Å². The third-order valence-corrected chi connectivity index (χ3v) is 7.50. The average Bonchev–Trinajstić information content (AvgIpc) is 3.28. The number of carboxylic acid groups (broad SMARTS) is 1. The van der Waals surface area contributed by atoms with Crippen LogP contribution in [0.1, 0.15) is 56.4 Å². The molecule has 1 saturated carbocycles. The van der Waals surface area contributed by atoms with Gasteiger partial charge in [0.1, 0.15) is 11.5 Å². The largest absolute Gasteiger partial charge is 0.573 e. The van der Waals surface area contributed by atoms with E-state index in [0.717, 1.165) is 24.8 Å². The molecular formula is C32H33F3N4O5. The number of carbonyl (C=O) groups excluding carboxylic acids is 1. The Balaban J connectivity index is 1.38. The highest BCUT2D eigenvalue weighted by atomic mass is 19.4. The number of rotatable bonds is 9. The molecule has 4 aromatic rings. The predicted molar refractivity (Wildman–Crippen MR) is 159 cm³/mol. The Labute approximate surface area is 252 Å². The highest BCUT2D eigenvalue weighted by Crippen LogP contribution is 2.46. The predicted octanol–water partition coefficient (Wildman–Crippen LogP) is 7.78. The van der Waals surface area contributed by atoms with E-state index in [1.54, 1.807) is 18.2 Å². The molecule has 232 valence electrons. The van der Waals surface area contributed by atoms with Gasteiger partial charge in [0.15, 0.2) is 6.61 Å². The average molecular weight is 611 g/mol. The Morgan fingerprint density at radius 3 is 2.43 bits per heavy atom. The van der Waals surface area contributed by atoms with Crippen LogP contribution in [0.4, 0.5) is 30.5 Å². The van der Waals surface area contributed by atoms with Crippen molar-refractivity contribution >= 4 is 40.2 Å². The molecule has 0 radical (unpaired) electrons. The molecule has 5 rings (SSSR count). The zero-order valence-corrected chi connectivity index (χ0v) is 24.4. The molecule has 1 aliphatic carbocycles. The van der Waals surface area contributed by atoms with Gasteiger partial charge in [-0.3, -0.25) is 4.79 Å². The number of hydrogen-bond donors (Lipinski definition) is 3. The van der Waals surface area contributed by atoms with E-state index in [1.165, 1.54) is 42.5 Å². The van der Waals surface area contributed by atoms with Crippen LogP contribution in [-0.2, 0) is 4.79 Å². The van der Waals surface area contributed by atoms with Gasteiger partial charge in [0.05, 0.1) is 16.6 Å². The topological polar surface area (TPSA) is 115 Å². The summed E-state index contributed by atoms with van der Waals surface area (Å²) in [4.78, 5) is 28.5. The van der Waals surface area contributed by atoms with Gasteiger partial charge in [0.2, 0.25) is 5.95 Å². The zero-order valence-electron chi connectivity index (χ0n) is 24.4. The summed E-state index contributed by atoms with van der Waals surface area (Å²) >= 11 is 0. The molecule has 0 bridgehead atoms. The normalized spacial score (nSPS) is 18.0. The summed E-state index contributed by atoms with van der Waals surface area (Å²) in [5, 5.41) is 15.1. The number of imidazole rings is 1. The number of amides is 1. The summed E-state index contributed by atoms with van der Waals surface area (Å²) in [7, 11) is 0. The number of aromatic nitrogens is 2. The van der Waals surface area contributed by atoms with Crippen LogP contribution in [0.15, 0.2) is 66.7 Å². The molecule has 0 unspecified atom stereocenters. The highest BCUT2D eigenvalue weighted by Gasteiger charge is 2.35. The number of aromatic carboxylic acids is 1. The lowest BCUT2D eigenvalue weighted by atomic mass is 9.70. The number of alkyl halides is 3. The molecule has 1 aliphatic rings. The van der Waals surface area contributed by atoms with Crippen LogP contribution in [-0.4, -0.2) is 39.5 Å². The summed E-state index contributed by atoms with van der Waals surface area (Å²) in [5.41, 5.74) is 2.50. The molecule has 1 fully saturated rings. The number of benzene rings is 3. The van der Waals surface area contributed by atoms with E-state index in [1.807, 2.05) is 6.07 Å². The fourth-order valence-corrected chi connectivity index (χ4v) is 6.06. The first kappa shape index (κ1) is 30.7. The quantitative estimate of drug-likeness (QED) is 0.177. The SMILES string of the molecule is C[C@H]1C[C@@H](n2c(Nc3ccc(OC(F)(F)F)cc3)nc3cc(OCC(=O)Nc4cccc(C(=O)O)c4)ccc32)CC(C)(C)C1. The van der Waals surface area contributed by atoms with Gasteiger partial charge in [-0.1, -0.05) is 26.8 Å². The first-order chi connectivity index (χ1) is 20.7. The summed E-state index contributed by atoms with van der Waals surface area (Å²) in [6, 6.07) is 16.9. The van der Waals surface area contributed by atoms with Gasteiger partial charge in [-0.2, -0.15) is 0 Å². The molecule has 1 amide bonds. The van der Waals surface area contributed by atoms with Crippen molar-refractivity contribution in [2.45, 2.75) is 52.4 Å². The van der Waals surface area contributed by atoms with Crippen LogP contribution in [0.25, 0.3) is 11.0 Å². The van der Waals surface area contributed by atoms with E-state index in [0.29, 0.717) is 34.5 Å². The lowest BCUT2D eigenvalue weighted by Crippen LogP contribution is -2.29. The van der Waals surface area contributed by atoms with E-state index in [4.69, 9.17) is 14.8 Å². The van der Waals surface area contributed by atoms with Gasteiger partial charge in [-0.15, -0.1) is 13.2 Å². The lowest BCUT2D eigenvalue weighted by molar-refractivity contribution is -0.274. The fourth-order valence-electron chi connectivity index (χ4n) is 6.06. The van der Waals surface area contributed by atoms with Crippen LogP contribution in [0, 0.1) is 11.3 Å². The summed E-state index contributed by atoms with van der Waals surface area (Å²) in [6.45, 7) is 6.41. The molecule has 0 aliphatic heterocycles. The van der Waals surface area contributed by atoms with E-state index in [2.05, 4.69) is 40.7 Å². The van der Waals surface area contributed by atoms with Crippen molar-refractivity contribution in [3.05, 3.63) is 72.3 Å². The second kappa shape index (κ2) is 12.1. The van der Waals surface area contributed by atoms with Crippen molar-refractivity contribution in [1.29, 1.82) is 0 Å². The smallest absolute Gasteiger partial charge is 0.484 e. The lowest BCUT2D eigenvalue weighted by Gasteiger charge is -2.40. The number of carbonyl (C=O) groups is 2. The maximum absolute atomic E-state index is 12.6. The van der Waals surface area contributed by atoms with Crippen LogP contribution in [0.2, 0.25) is 0 Å². The van der Waals surface area contributed by atoms with Gasteiger partial charge in [-0.25, -0.2) is 9.78 Å². The van der Waals surface area contributed by atoms with Crippen LogP contribution < -0.4 is 20.1 Å². The third-order valence-electron chi connectivity index (χ3n) is 7.50. The molecule has 12 heteroatoms. The van der Waals surface area contributed by atoms with Crippen molar-refractivity contribution in [1.82, 2.24) is 9.55 Å². The number of hydrogen-bond acceptors (Lipinski definition) is 6. The minimum absolute atomic E-state index is 0.0514. The number of ether oxygens (including phenoxy) is 2. The molecule has 1 aromatic heterocycles. The Kier molecular flexibility index (Phi) is 8.44. The molecule has 44 heavy (non-hydrogen) atoms. The van der Waals surface area contributed by atoms with Crippen LogP contribution in [0.3, 0.4) is 0 Å². The molecule has 3 N–H and O–H groups in total. The minimum Gasteiger partial charge on any atom is -0.484 e. The maximum Gasteiger partial charge on any atom is 0.573 e. The molecule has 2 atom stereocenters. The second-order valence-corrected chi connectivity index (χ2v) is 11.9. The van der Waals surface area contributed by atoms with Crippen molar-refractivity contribution < 1.29 is 37.3 Å². The number of carboxylic acids is 1. The molecule has 1 heterocycles. The summed E-state index contributed by atoms with van der Waals surface area (Å²) < 4.78 is 49.8. The van der Waals surface area contributed by atoms with Gasteiger partial charge < -0.3 is 29.8 Å². The number of nitrogens with one attached hydrogen (secondary N) is 2. The Morgan fingerprint density at radius 1 is 1.02 bits per heavy atom. The van der Waals surface area contributed by atoms with Gasteiger partial charge in [0.25, 0.3) is 5.91 Å². The first-order valence-electron chi connectivity index (χ1n) is 14.2. The fraction of sp³-hybridized carbons (Fsp3) is 0.344. The van der Waals surface area contributed by atoms with Gasteiger partial charge in [0, 0.05) is 23.5 Å². The van der Waals surface area contributed by atoms with E-state index in [9.17, 15) is 22.8 Å². The molecule has 3 aromatic carbocycles. The Bertz CT molecular complexity index is 1670.